The monoisotopic (exact) mass is 454 g/mol. The van der Waals surface area contributed by atoms with Crippen molar-refractivity contribution >= 4 is 17.5 Å². The van der Waals surface area contributed by atoms with Crippen molar-refractivity contribution in [3.05, 3.63) is 53.9 Å². The van der Waals surface area contributed by atoms with Gasteiger partial charge in [-0.2, -0.15) is 0 Å². The van der Waals surface area contributed by atoms with Gasteiger partial charge >= 0.3 is 0 Å². The smallest absolute Gasteiger partial charge is 0.257 e. The zero-order valence-corrected chi connectivity index (χ0v) is 20.1. The molecule has 1 aliphatic heterocycles. The molecule has 33 heavy (non-hydrogen) atoms. The van der Waals surface area contributed by atoms with Crippen molar-refractivity contribution in [2.75, 3.05) is 39.2 Å². The number of hydrogen-bond acceptors (Lipinski definition) is 6. The van der Waals surface area contributed by atoms with Gasteiger partial charge in [0.05, 0.1) is 17.4 Å². The van der Waals surface area contributed by atoms with E-state index >= 15 is 0 Å². The molecule has 2 amide bonds. The maximum absolute atomic E-state index is 13.2. The predicted octanol–water partition coefficient (Wildman–Crippen LogP) is 3.05. The number of aromatic nitrogens is 1. The van der Waals surface area contributed by atoms with E-state index in [4.69, 9.17) is 9.47 Å². The minimum absolute atomic E-state index is 0.0523. The molecule has 0 saturated heterocycles. The first-order valence-electron chi connectivity index (χ1n) is 11.2. The maximum Gasteiger partial charge on any atom is 0.257 e. The van der Waals surface area contributed by atoms with Gasteiger partial charge in [0.25, 0.3) is 5.91 Å². The maximum atomic E-state index is 13.2. The van der Waals surface area contributed by atoms with E-state index in [1.54, 1.807) is 43.5 Å². The summed E-state index contributed by atoms with van der Waals surface area (Å²) in [5.41, 5.74) is 2.03. The summed E-state index contributed by atoms with van der Waals surface area (Å²) in [4.78, 5) is 33.2. The molecule has 2 heterocycles. The summed E-state index contributed by atoms with van der Waals surface area (Å²) in [6.45, 7) is 7.97. The molecule has 3 atom stereocenters. The summed E-state index contributed by atoms with van der Waals surface area (Å²) in [5.74, 6) is 0.299. The van der Waals surface area contributed by atoms with E-state index in [-0.39, 0.29) is 29.9 Å². The molecule has 1 N–H and O–H groups in total. The number of ether oxygens (including phenoxy) is 2. The van der Waals surface area contributed by atoms with Crippen LogP contribution < -0.4 is 10.1 Å². The van der Waals surface area contributed by atoms with Gasteiger partial charge < -0.3 is 19.7 Å². The Balaban J connectivity index is 1.94. The highest BCUT2D eigenvalue weighted by Crippen LogP contribution is 2.27. The summed E-state index contributed by atoms with van der Waals surface area (Å²) in [7, 11) is 3.46. The van der Waals surface area contributed by atoms with Crippen LogP contribution in [-0.2, 0) is 16.1 Å². The van der Waals surface area contributed by atoms with Crippen molar-refractivity contribution in [1.82, 2.24) is 14.8 Å². The van der Waals surface area contributed by atoms with E-state index in [0.717, 1.165) is 12.2 Å². The predicted molar refractivity (Wildman–Crippen MR) is 127 cm³/mol. The normalized spacial score (nSPS) is 22.5. The average Bonchev–Trinajstić information content (AvgIpc) is 2.79. The van der Waals surface area contributed by atoms with Crippen LogP contribution in [0.1, 0.15) is 36.8 Å². The molecule has 0 spiro atoms. The summed E-state index contributed by atoms with van der Waals surface area (Å²) < 4.78 is 12.0. The number of rotatable bonds is 4. The second-order valence-corrected chi connectivity index (χ2v) is 8.74. The van der Waals surface area contributed by atoms with Gasteiger partial charge in [-0.3, -0.25) is 19.5 Å². The van der Waals surface area contributed by atoms with Crippen LogP contribution in [0, 0.1) is 5.92 Å². The van der Waals surface area contributed by atoms with Crippen molar-refractivity contribution in [1.29, 1.82) is 0 Å². The third kappa shape index (κ3) is 6.52. The van der Waals surface area contributed by atoms with Gasteiger partial charge in [0, 0.05) is 64.7 Å². The van der Waals surface area contributed by atoms with Crippen LogP contribution in [-0.4, -0.2) is 72.6 Å². The van der Waals surface area contributed by atoms with Crippen molar-refractivity contribution < 1.29 is 19.1 Å². The number of nitrogens with one attached hydrogen (secondary N) is 1. The van der Waals surface area contributed by atoms with Crippen molar-refractivity contribution in [3.63, 3.8) is 0 Å². The number of hydrogen-bond donors (Lipinski definition) is 1. The number of carbonyl (C=O) groups is 2. The van der Waals surface area contributed by atoms with E-state index in [1.165, 1.54) is 6.92 Å². The summed E-state index contributed by atoms with van der Waals surface area (Å²) in [6.07, 6.45) is 1.68. The molecule has 8 nitrogen and oxygen atoms in total. The molecule has 3 rings (SSSR count). The molecule has 178 valence electrons. The average molecular weight is 455 g/mol. The third-order valence-corrected chi connectivity index (χ3v) is 5.99. The van der Waals surface area contributed by atoms with Gasteiger partial charge in [0.1, 0.15) is 12.4 Å². The topological polar surface area (TPSA) is 84.0 Å². The molecule has 0 fully saturated rings. The molecule has 8 heteroatoms. The standard InChI is InChI=1S/C25H34N4O4/c1-17-13-29(14-21-8-6-7-11-26-21)18(2)16-33-23-12-20(27-19(3)30)9-10-22(23)25(31)28(4)15-24(17)32-5/h6-12,17-18,24H,13-16H2,1-5H3,(H,27,30)/t17-,18+,24-/m0/s1. The number of nitrogens with zero attached hydrogens (tertiary/aromatic N) is 3. The van der Waals surface area contributed by atoms with Crippen molar-refractivity contribution in [2.24, 2.45) is 5.92 Å². The molecular formula is C25H34N4O4. The molecule has 1 aromatic carbocycles. The Bertz CT molecular complexity index is 953. The van der Waals surface area contributed by atoms with Crippen LogP contribution in [0.2, 0.25) is 0 Å². The number of fused-ring (bicyclic) bond motifs is 1. The lowest BCUT2D eigenvalue weighted by Gasteiger charge is -2.35. The highest BCUT2D eigenvalue weighted by atomic mass is 16.5. The van der Waals surface area contributed by atoms with Gasteiger partial charge in [-0.25, -0.2) is 0 Å². The van der Waals surface area contributed by atoms with Crippen LogP contribution in [0.15, 0.2) is 42.6 Å². The lowest BCUT2D eigenvalue weighted by molar-refractivity contribution is -0.114. The van der Waals surface area contributed by atoms with Crippen molar-refractivity contribution in [2.45, 2.75) is 39.5 Å². The Morgan fingerprint density at radius 2 is 2.03 bits per heavy atom. The Kier molecular flexibility index (Phi) is 8.41. The minimum Gasteiger partial charge on any atom is -0.491 e. The van der Waals surface area contributed by atoms with Gasteiger partial charge in [-0.15, -0.1) is 0 Å². The number of carbonyl (C=O) groups excluding carboxylic acids is 2. The Labute approximate surface area is 195 Å². The Hall–Kier alpha value is -2.97. The summed E-state index contributed by atoms with van der Waals surface area (Å²) >= 11 is 0. The second kappa shape index (κ2) is 11.2. The number of benzene rings is 1. The van der Waals surface area contributed by atoms with Crippen molar-refractivity contribution in [3.8, 4) is 5.75 Å². The SMILES string of the molecule is CO[C@H]1CN(C)C(=O)c2ccc(NC(C)=O)cc2OC[C@@H](C)N(Cc2ccccn2)C[C@@H]1C. The number of anilines is 1. The fourth-order valence-electron chi connectivity index (χ4n) is 4.05. The molecule has 0 radical (unpaired) electrons. The zero-order chi connectivity index (χ0) is 24.0. The molecule has 1 aromatic heterocycles. The van der Waals surface area contributed by atoms with Crippen LogP contribution in [0.5, 0.6) is 5.75 Å². The van der Waals surface area contributed by atoms with E-state index in [9.17, 15) is 9.59 Å². The Morgan fingerprint density at radius 3 is 2.70 bits per heavy atom. The van der Waals surface area contributed by atoms with E-state index in [2.05, 4.69) is 29.0 Å². The second-order valence-electron chi connectivity index (χ2n) is 8.74. The Morgan fingerprint density at radius 1 is 1.24 bits per heavy atom. The minimum atomic E-state index is -0.182. The number of likely N-dealkylation sites (N-methyl/N-ethyl adjacent to an activating group) is 1. The lowest BCUT2D eigenvalue weighted by Crippen LogP contribution is -2.46. The van der Waals surface area contributed by atoms with Gasteiger partial charge in [-0.1, -0.05) is 13.0 Å². The first-order valence-corrected chi connectivity index (χ1v) is 11.2. The molecular weight excluding hydrogens is 420 g/mol. The third-order valence-electron chi connectivity index (χ3n) is 5.99. The molecule has 2 aromatic rings. The van der Waals surface area contributed by atoms with E-state index < -0.39 is 0 Å². The quantitative estimate of drug-likeness (QED) is 0.765. The first kappa shape index (κ1) is 24.7. The zero-order valence-electron chi connectivity index (χ0n) is 20.1. The number of amides is 2. The molecule has 0 saturated carbocycles. The van der Waals surface area contributed by atoms with Crippen LogP contribution in [0.25, 0.3) is 0 Å². The largest absolute Gasteiger partial charge is 0.491 e. The fraction of sp³-hybridized carbons (Fsp3) is 0.480. The van der Waals surface area contributed by atoms with Gasteiger partial charge in [0.2, 0.25) is 5.91 Å². The first-order chi connectivity index (χ1) is 15.8. The molecule has 0 unspecified atom stereocenters. The van der Waals surface area contributed by atoms with Gasteiger partial charge in [-0.05, 0) is 37.1 Å². The summed E-state index contributed by atoms with van der Waals surface area (Å²) in [5, 5.41) is 2.76. The highest BCUT2D eigenvalue weighted by Gasteiger charge is 2.28. The van der Waals surface area contributed by atoms with Gasteiger partial charge in [0.15, 0.2) is 0 Å². The number of pyridine rings is 1. The number of methoxy groups -OCH3 is 1. The van der Waals surface area contributed by atoms with Crippen LogP contribution in [0.3, 0.4) is 0 Å². The summed E-state index contributed by atoms with van der Waals surface area (Å²) in [6, 6.07) is 11.1. The fourth-order valence-corrected chi connectivity index (χ4v) is 4.05. The van der Waals surface area contributed by atoms with Crippen LogP contribution in [0.4, 0.5) is 5.69 Å². The van der Waals surface area contributed by atoms with E-state index in [0.29, 0.717) is 36.7 Å². The molecule has 0 aliphatic carbocycles. The van der Waals surface area contributed by atoms with Crippen LogP contribution >= 0.6 is 0 Å². The highest BCUT2D eigenvalue weighted by molar-refractivity contribution is 5.98. The molecule has 0 bridgehead atoms. The molecule has 1 aliphatic rings. The lowest BCUT2D eigenvalue weighted by atomic mass is 10.0. The van der Waals surface area contributed by atoms with E-state index in [1.807, 2.05) is 18.2 Å².